The second-order valence-corrected chi connectivity index (χ2v) is 5.87. The maximum Gasteiger partial charge on any atom is 0.251 e. The van der Waals surface area contributed by atoms with E-state index >= 15 is 0 Å². The quantitative estimate of drug-likeness (QED) is 0.866. The zero-order valence-corrected chi connectivity index (χ0v) is 14.9. The number of hydrogen-bond donors (Lipinski definition) is 1. The summed E-state index contributed by atoms with van der Waals surface area (Å²) < 4.78 is 0. The van der Waals surface area contributed by atoms with Crippen molar-refractivity contribution in [3.63, 3.8) is 0 Å². The van der Waals surface area contributed by atoms with Crippen LogP contribution in [0, 0.1) is 0 Å². The van der Waals surface area contributed by atoms with Crippen molar-refractivity contribution in [2.75, 3.05) is 38.0 Å². The fourth-order valence-electron chi connectivity index (χ4n) is 2.03. The van der Waals surface area contributed by atoms with Gasteiger partial charge in [-0.2, -0.15) is 15.0 Å². The van der Waals surface area contributed by atoms with E-state index in [2.05, 4.69) is 27.2 Å². The lowest BCUT2D eigenvalue weighted by Crippen LogP contribution is -2.26. The van der Waals surface area contributed by atoms with Crippen molar-refractivity contribution in [2.45, 2.75) is 19.9 Å². The minimum Gasteiger partial charge on any atom is -0.347 e. The van der Waals surface area contributed by atoms with Crippen molar-refractivity contribution in [2.24, 2.45) is 0 Å². The van der Waals surface area contributed by atoms with E-state index in [1.165, 1.54) is 5.56 Å². The number of aryl methyl sites for hydroxylation is 1. The molecule has 128 valence electrons. The predicted octanol–water partition coefficient (Wildman–Crippen LogP) is 1.50. The number of rotatable bonds is 6. The number of nitrogens with zero attached hydrogens (tertiary/aromatic N) is 5. The smallest absolute Gasteiger partial charge is 0.251 e. The van der Waals surface area contributed by atoms with Gasteiger partial charge in [-0.3, -0.25) is 4.79 Å². The Morgan fingerprint density at radius 1 is 0.958 bits per heavy atom. The van der Waals surface area contributed by atoms with Crippen LogP contribution in [0.1, 0.15) is 28.7 Å². The van der Waals surface area contributed by atoms with Gasteiger partial charge in [0, 0.05) is 33.8 Å². The van der Waals surface area contributed by atoms with E-state index in [1.54, 1.807) is 0 Å². The van der Waals surface area contributed by atoms with Gasteiger partial charge in [0.25, 0.3) is 5.91 Å². The van der Waals surface area contributed by atoms with Gasteiger partial charge in [-0.1, -0.05) is 19.1 Å². The van der Waals surface area contributed by atoms with Crippen LogP contribution in [0.2, 0.25) is 0 Å². The van der Waals surface area contributed by atoms with Crippen molar-refractivity contribution in [3.8, 4) is 0 Å². The predicted molar refractivity (Wildman–Crippen MR) is 95.5 cm³/mol. The average molecular weight is 328 g/mol. The largest absolute Gasteiger partial charge is 0.347 e. The third-order valence-electron chi connectivity index (χ3n) is 3.49. The van der Waals surface area contributed by atoms with E-state index in [-0.39, 0.29) is 12.5 Å². The Hall–Kier alpha value is -2.70. The number of amides is 1. The van der Waals surface area contributed by atoms with E-state index in [0.717, 1.165) is 6.42 Å². The van der Waals surface area contributed by atoms with Crippen LogP contribution in [-0.2, 0) is 13.0 Å². The van der Waals surface area contributed by atoms with Gasteiger partial charge in [-0.05, 0) is 24.1 Å². The Morgan fingerprint density at radius 2 is 1.50 bits per heavy atom. The van der Waals surface area contributed by atoms with Gasteiger partial charge in [-0.25, -0.2) is 0 Å². The number of anilines is 2. The molecule has 0 fully saturated rings. The van der Waals surface area contributed by atoms with Gasteiger partial charge in [0.1, 0.15) is 0 Å². The van der Waals surface area contributed by atoms with Gasteiger partial charge in [0.15, 0.2) is 5.82 Å². The van der Waals surface area contributed by atoms with Crippen LogP contribution >= 0.6 is 0 Å². The third-order valence-corrected chi connectivity index (χ3v) is 3.49. The SMILES string of the molecule is CCc1ccc(C(=O)NCc2nc(N(C)C)nc(N(C)C)n2)cc1. The van der Waals surface area contributed by atoms with Crippen molar-refractivity contribution >= 4 is 17.8 Å². The van der Waals surface area contributed by atoms with Gasteiger partial charge < -0.3 is 15.1 Å². The lowest BCUT2D eigenvalue weighted by molar-refractivity contribution is 0.0950. The molecule has 7 nitrogen and oxygen atoms in total. The monoisotopic (exact) mass is 328 g/mol. The minimum atomic E-state index is -0.143. The zero-order valence-electron chi connectivity index (χ0n) is 14.9. The molecule has 2 rings (SSSR count). The second kappa shape index (κ2) is 7.72. The number of carbonyl (C=O) groups excluding carboxylic acids is 1. The normalized spacial score (nSPS) is 10.4. The average Bonchev–Trinajstić information content (AvgIpc) is 2.59. The summed E-state index contributed by atoms with van der Waals surface area (Å²) in [5.74, 6) is 1.50. The first-order valence-corrected chi connectivity index (χ1v) is 7.87. The van der Waals surface area contributed by atoms with E-state index in [0.29, 0.717) is 23.3 Å². The number of nitrogens with one attached hydrogen (secondary N) is 1. The van der Waals surface area contributed by atoms with Crippen LogP contribution < -0.4 is 15.1 Å². The Morgan fingerprint density at radius 3 is 1.96 bits per heavy atom. The Labute approximate surface area is 142 Å². The summed E-state index contributed by atoms with van der Waals surface area (Å²) in [6, 6.07) is 7.59. The van der Waals surface area contributed by atoms with Gasteiger partial charge in [-0.15, -0.1) is 0 Å². The highest BCUT2D eigenvalue weighted by molar-refractivity contribution is 5.94. The van der Waals surface area contributed by atoms with Gasteiger partial charge in [0.05, 0.1) is 6.54 Å². The Balaban J connectivity index is 2.11. The van der Waals surface area contributed by atoms with Crippen molar-refractivity contribution < 1.29 is 4.79 Å². The maximum absolute atomic E-state index is 12.3. The molecule has 0 radical (unpaired) electrons. The molecular weight excluding hydrogens is 304 g/mol. The van der Waals surface area contributed by atoms with E-state index in [1.807, 2.05) is 62.3 Å². The first-order chi connectivity index (χ1) is 11.4. The van der Waals surface area contributed by atoms with Crippen molar-refractivity contribution in [1.82, 2.24) is 20.3 Å². The molecule has 0 saturated heterocycles. The fourth-order valence-corrected chi connectivity index (χ4v) is 2.03. The summed E-state index contributed by atoms with van der Waals surface area (Å²) >= 11 is 0. The lowest BCUT2D eigenvalue weighted by Gasteiger charge is -2.16. The number of aromatic nitrogens is 3. The van der Waals surface area contributed by atoms with Crippen LogP contribution in [0.5, 0.6) is 0 Å². The summed E-state index contributed by atoms with van der Waals surface area (Å²) in [6.45, 7) is 2.33. The molecule has 0 aliphatic heterocycles. The van der Waals surface area contributed by atoms with Crippen molar-refractivity contribution in [1.29, 1.82) is 0 Å². The molecule has 1 heterocycles. The molecule has 1 aromatic carbocycles. The Bertz CT molecular complexity index is 670. The van der Waals surface area contributed by atoms with Crippen LogP contribution in [0.3, 0.4) is 0 Å². The van der Waals surface area contributed by atoms with Crippen LogP contribution in [0.25, 0.3) is 0 Å². The summed E-state index contributed by atoms with van der Waals surface area (Å²) in [6.07, 6.45) is 0.952. The summed E-state index contributed by atoms with van der Waals surface area (Å²) in [7, 11) is 7.47. The molecule has 0 aliphatic carbocycles. The van der Waals surface area contributed by atoms with Crippen LogP contribution in [0.4, 0.5) is 11.9 Å². The number of hydrogen-bond acceptors (Lipinski definition) is 6. The number of benzene rings is 1. The molecule has 1 N–H and O–H groups in total. The summed E-state index contributed by atoms with van der Waals surface area (Å²) in [4.78, 5) is 29.0. The van der Waals surface area contributed by atoms with E-state index in [9.17, 15) is 4.79 Å². The van der Waals surface area contributed by atoms with E-state index in [4.69, 9.17) is 0 Å². The Kier molecular flexibility index (Phi) is 5.68. The molecule has 0 spiro atoms. The second-order valence-electron chi connectivity index (χ2n) is 5.87. The summed E-state index contributed by atoms with van der Waals surface area (Å²) in [5, 5.41) is 2.86. The van der Waals surface area contributed by atoms with Gasteiger partial charge in [0.2, 0.25) is 11.9 Å². The summed E-state index contributed by atoms with van der Waals surface area (Å²) in [5.41, 5.74) is 1.83. The topological polar surface area (TPSA) is 74.2 Å². The first-order valence-electron chi connectivity index (χ1n) is 7.87. The molecule has 0 saturated carbocycles. The highest BCUT2D eigenvalue weighted by Crippen LogP contribution is 2.10. The van der Waals surface area contributed by atoms with E-state index < -0.39 is 0 Å². The van der Waals surface area contributed by atoms with Crippen LogP contribution in [-0.4, -0.2) is 49.0 Å². The standard InChI is InChI=1S/C17H24N6O/c1-6-12-7-9-13(10-8-12)15(24)18-11-14-19-16(22(2)3)21-17(20-14)23(4)5/h7-10H,6,11H2,1-5H3,(H,18,24). The molecule has 24 heavy (non-hydrogen) atoms. The lowest BCUT2D eigenvalue weighted by atomic mass is 10.1. The third kappa shape index (κ3) is 4.41. The number of carbonyl (C=O) groups is 1. The van der Waals surface area contributed by atoms with Crippen LogP contribution in [0.15, 0.2) is 24.3 Å². The minimum absolute atomic E-state index is 0.143. The zero-order chi connectivity index (χ0) is 17.7. The fraction of sp³-hybridized carbons (Fsp3) is 0.412. The molecular formula is C17H24N6O. The molecule has 7 heteroatoms. The van der Waals surface area contributed by atoms with Gasteiger partial charge >= 0.3 is 0 Å². The molecule has 0 atom stereocenters. The molecule has 1 amide bonds. The molecule has 2 aromatic rings. The molecule has 0 aliphatic rings. The first kappa shape index (κ1) is 17.7. The molecule has 0 unspecified atom stereocenters. The molecule has 1 aromatic heterocycles. The van der Waals surface area contributed by atoms with Crippen molar-refractivity contribution in [3.05, 3.63) is 41.2 Å². The highest BCUT2D eigenvalue weighted by Gasteiger charge is 2.11. The molecule has 0 bridgehead atoms. The maximum atomic E-state index is 12.3. The highest BCUT2D eigenvalue weighted by atomic mass is 16.1.